The molecule has 1 saturated carbocycles. The highest BCUT2D eigenvalue weighted by Crippen LogP contribution is 2.38. The van der Waals surface area contributed by atoms with Gasteiger partial charge in [0.2, 0.25) is 0 Å². The van der Waals surface area contributed by atoms with Gasteiger partial charge < -0.3 is 14.6 Å². The molecule has 1 aromatic carbocycles. The normalized spacial score (nSPS) is 15.3. The molecule has 2 aromatic rings. The number of ether oxygens (including phenoxy) is 1. The molecule has 0 aliphatic heterocycles. The second-order valence-electron chi connectivity index (χ2n) is 4.93. The zero-order valence-corrected chi connectivity index (χ0v) is 11.0. The molecule has 0 spiro atoms. The van der Waals surface area contributed by atoms with Crippen LogP contribution in [0.25, 0.3) is 11.0 Å². The molecule has 0 unspecified atom stereocenters. The Hall–Kier alpha value is -1.46. The second kappa shape index (κ2) is 5.27. The molecule has 0 amide bonds. The molecule has 0 radical (unpaired) electrons. The molecule has 1 aromatic heterocycles. The second-order valence-corrected chi connectivity index (χ2v) is 4.93. The zero-order valence-electron chi connectivity index (χ0n) is 11.0. The van der Waals surface area contributed by atoms with Gasteiger partial charge in [0.1, 0.15) is 11.6 Å². The number of benzene rings is 1. The monoisotopic (exact) mass is 263 g/mol. The van der Waals surface area contributed by atoms with Crippen molar-refractivity contribution in [2.45, 2.75) is 25.4 Å². The van der Waals surface area contributed by atoms with Crippen molar-refractivity contribution in [3.63, 3.8) is 0 Å². The quantitative estimate of drug-likeness (QED) is 0.812. The average molecular weight is 263 g/mol. The molecule has 0 saturated heterocycles. The van der Waals surface area contributed by atoms with Gasteiger partial charge in [-0.25, -0.2) is 9.37 Å². The molecule has 19 heavy (non-hydrogen) atoms. The van der Waals surface area contributed by atoms with Crippen LogP contribution in [0.15, 0.2) is 18.2 Å². The van der Waals surface area contributed by atoms with Crippen molar-refractivity contribution in [1.29, 1.82) is 0 Å². The number of methoxy groups -OCH3 is 1. The molecule has 3 rings (SSSR count). The first kappa shape index (κ1) is 12.6. The highest BCUT2D eigenvalue weighted by atomic mass is 19.1. The summed E-state index contributed by atoms with van der Waals surface area (Å²) in [4.78, 5) is 4.61. The fourth-order valence-electron chi connectivity index (χ4n) is 2.36. The lowest BCUT2D eigenvalue weighted by atomic mass is 10.3. The molecule has 1 fully saturated rings. The minimum Gasteiger partial charge on any atom is -0.383 e. The van der Waals surface area contributed by atoms with Crippen LogP contribution in [-0.2, 0) is 11.3 Å². The van der Waals surface area contributed by atoms with Crippen LogP contribution in [-0.4, -0.2) is 29.8 Å². The van der Waals surface area contributed by atoms with E-state index in [9.17, 15) is 4.39 Å². The van der Waals surface area contributed by atoms with Crippen LogP contribution in [0, 0.1) is 5.82 Å². The van der Waals surface area contributed by atoms with E-state index in [2.05, 4.69) is 14.9 Å². The van der Waals surface area contributed by atoms with Crippen molar-refractivity contribution in [2.75, 3.05) is 20.3 Å². The zero-order chi connectivity index (χ0) is 13.2. The fourth-order valence-corrected chi connectivity index (χ4v) is 2.36. The topological polar surface area (TPSA) is 39.1 Å². The molecular formula is C14H18FN3O. The van der Waals surface area contributed by atoms with Gasteiger partial charge in [-0.1, -0.05) is 0 Å². The van der Waals surface area contributed by atoms with Crippen molar-refractivity contribution in [3.8, 4) is 0 Å². The summed E-state index contributed by atoms with van der Waals surface area (Å²) in [6.07, 6.45) is 2.32. The summed E-state index contributed by atoms with van der Waals surface area (Å²) in [5, 5.41) is 3.30. The third-order valence-electron chi connectivity index (χ3n) is 3.40. The summed E-state index contributed by atoms with van der Waals surface area (Å²) in [5.74, 6) is 0.785. The van der Waals surface area contributed by atoms with E-state index < -0.39 is 0 Å². The van der Waals surface area contributed by atoms with E-state index in [1.807, 2.05) is 0 Å². The van der Waals surface area contributed by atoms with E-state index in [0.717, 1.165) is 36.2 Å². The Morgan fingerprint density at radius 2 is 2.32 bits per heavy atom. The highest BCUT2D eigenvalue weighted by molar-refractivity contribution is 5.76. The first-order valence-corrected chi connectivity index (χ1v) is 6.65. The summed E-state index contributed by atoms with van der Waals surface area (Å²) in [5.41, 5.74) is 1.78. The van der Waals surface area contributed by atoms with Gasteiger partial charge in [-0.3, -0.25) is 0 Å². The summed E-state index contributed by atoms with van der Waals surface area (Å²) in [7, 11) is 1.68. The highest BCUT2D eigenvalue weighted by Gasteiger charge is 2.28. The number of nitrogens with one attached hydrogen (secondary N) is 1. The van der Waals surface area contributed by atoms with E-state index in [-0.39, 0.29) is 5.82 Å². The Bertz CT molecular complexity index is 577. The molecular weight excluding hydrogens is 245 g/mol. The lowest BCUT2D eigenvalue weighted by Crippen LogP contribution is -2.21. The maximum atomic E-state index is 13.4. The smallest absolute Gasteiger partial charge is 0.125 e. The number of hydrogen-bond acceptors (Lipinski definition) is 3. The number of aromatic nitrogens is 2. The Labute approximate surface area is 111 Å². The molecule has 1 N–H and O–H groups in total. The van der Waals surface area contributed by atoms with Gasteiger partial charge in [0.15, 0.2) is 0 Å². The van der Waals surface area contributed by atoms with Gasteiger partial charge in [0, 0.05) is 19.7 Å². The molecule has 1 aliphatic carbocycles. The number of hydrogen-bond donors (Lipinski definition) is 1. The van der Waals surface area contributed by atoms with Gasteiger partial charge in [-0.2, -0.15) is 0 Å². The fraction of sp³-hybridized carbons (Fsp3) is 0.500. The lowest BCUT2D eigenvalue weighted by molar-refractivity contribution is 0.199. The molecule has 1 heterocycles. The Kier molecular flexibility index (Phi) is 3.48. The van der Waals surface area contributed by atoms with E-state index in [1.165, 1.54) is 6.07 Å². The van der Waals surface area contributed by atoms with Crippen LogP contribution in [0.4, 0.5) is 4.39 Å². The van der Waals surface area contributed by atoms with Crippen LogP contribution in [0.2, 0.25) is 0 Å². The largest absolute Gasteiger partial charge is 0.383 e. The van der Waals surface area contributed by atoms with Crippen molar-refractivity contribution in [2.24, 2.45) is 0 Å². The molecule has 0 atom stereocenters. The molecule has 0 bridgehead atoms. The van der Waals surface area contributed by atoms with Crippen molar-refractivity contribution >= 4 is 11.0 Å². The van der Waals surface area contributed by atoms with Crippen LogP contribution < -0.4 is 5.32 Å². The lowest BCUT2D eigenvalue weighted by Gasteiger charge is -2.08. The SMILES string of the molecule is COCCNCc1nc2ccc(F)cc2n1C1CC1. The minimum absolute atomic E-state index is 0.201. The summed E-state index contributed by atoms with van der Waals surface area (Å²) in [6.45, 7) is 2.16. The van der Waals surface area contributed by atoms with Crippen LogP contribution in [0.1, 0.15) is 24.7 Å². The average Bonchev–Trinajstić information content (AvgIpc) is 3.17. The summed E-state index contributed by atoms with van der Waals surface area (Å²) < 4.78 is 20.6. The van der Waals surface area contributed by atoms with Crippen LogP contribution in [0.5, 0.6) is 0 Å². The van der Waals surface area contributed by atoms with E-state index in [4.69, 9.17) is 4.74 Å². The maximum absolute atomic E-state index is 13.4. The first-order valence-electron chi connectivity index (χ1n) is 6.65. The van der Waals surface area contributed by atoms with Crippen LogP contribution >= 0.6 is 0 Å². The molecule has 102 valence electrons. The summed E-state index contributed by atoms with van der Waals surface area (Å²) in [6, 6.07) is 5.29. The van der Waals surface area contributed by atoms with Crippen molar-refractivity contribution < 1.29 is 9.13 Å². The number of nitrogens with zero attached hydrogens (tertiary/aromatic N) is 2. The predicted molar refractivity (Wildman–Crippen MR) is 71.5 cm³/mol. The predicted octanol–water partition coefficient (Wildman–Crippen LogP) is 2.25. The maximum Gasteiger partial charge on any atom is 0.125 e. The van der Waals surface area contributed by atoms with Crippen LogP contribution in [0.3, 0.4) is 0 Å². The van der Waals surface area contributed by atoms with E-state index >= 15 is 0 Å². The number of fused-ring (bicyclic) bond motifs is 1. The third-order valence-corrected chi connectivity index (χ3v) is 3.40. The Balaban J connectivity index is 1.87. The van der Waals surface area contributed by atoms with Gasteiger partial charge in [-0.05, 0) is 31.0 Å². The van der Waals surface area contributed by atoms with Crippen molar-refractivity contribution in [1.82, 2.24) is 14.9 Å². The van der Waals surface area contributed by atoms with Gasteiger partial charge in [0.05, 0.1) is 24.2 Å². The number of rotatable bonds is 6. The van der Waals surface area contributed by atoms with E-state index in [1.54, 1.807) is 19.2 Å². The Morgan fingerprint density at radius 3 is 3.05 bits per heavy atom. The van der Waals surface area contributed by atoms with Gasteiger partial charge >= 0.3 is 0 Å². The van der Waals surface area contributed by atoms with Crippen molar-refractivity contribution in [3.05, 3.63) is 29.8 Å². The van der Waals surface area contributed by atoms with Gasteiger partial charge in [0.25, 0.3) is 0 Å². The molecule has 5 heteroatoms. The minimum atomic E-state index is -0.201. The first-order chi connectivity index (χ1) is 9.29. The number of imidazole rings is 1. The van der Waals surface area contributed by atoms with E-state index in [0.29, 0.717) is 19.2 Å². The molecule has 1 aliphatic rings. The molecule has 4 nitrogen and oxygen atoms in total. The van der Waals surface area contributed by atoms with Gasteiger partial charge in [-0.15, -0.1) is 0 Å². The Morgan fingerprint density at radius 1 is 1.47 bits per heavy atom. The third kappa shape index (κ3) is 2.62. The summed E-state index contributed by atoms with van der Waals surface area (Å²) >= 11 is 0. The standard InChI is InChI=1S/C14H18FN3O/c1-19-7-6-16-9-14-17-12-5-2-10(15)8-13(12)18(14)11-3-4-11/h2,5,8,11,16H,3-4,6-7,9H2,1H3. The number of halogens is 1.